The van der Waals surface area contributed by atoms with Crippen LogP contribution in [0, 0.1) is 12.8 Å². The van der Waals surface area contributed by atoms with Gasteiger partial charge in [0, 0.05) is 18.2 Å². The van der Waals surface area contributed by atoms with E-state index in [2.05, 4.69) is 17.9 Å². The number of methoxy groups -OCH3 is 1. The number of likely N-dealkylation sites (tertiary alicyclic amines) is 1. The Hall–Kier alpha value is -1.55. The van der Waals surface area contributed by atoms with Crippen molar-refractivity contribution < 1.29 is 14.6 Å². The van der Waals surface area contributed by atoms with Crippen LogP contribution in [-0.4, -0.2) is 35.7 Å². The fraction of sp³-hybridized carbons (Fsp3) is 0.533. The number of ether oxygens (including phenoxy) is 1. The Morgan fingerprint density at radius 2 is 2.26 bits per heavy atom. The maximum Gasteiger partial charge on any atom is 0.308 e. The number of carboxylic acids is 1. The molecule has 1 fully saturated rings. The van der Waals surface area contributed by atoms with Gasteiger partial charge in [-0.05, 0) is 32.9 Å². The second-order valence-electron chi connectivity index (χ2n) is 5.26. The second-order valence-corrected chi connectivity index (χ2v) is 5.26. The van der Waals surface area contributed by atoms with Gasteiger partial charge < -0.3 is 9.84 Å². The van der Waals surface area contributed by atoms with Crippen molar-refractivity contribution in [3.8, 4) is 5.75 Å². The maximum absolute atomic E-state index is 11.1. The molecule has 0 aromatic heterocycles. The van der Waals surface area contributed by atoms with Crippen molar-refractivity contribution in [2.24, 2.45) is 5.92 Å². The van der Waals surface area contributed by atoms with Crippen molar-refractivity contribution in [3.63, 3.8) is 0 Å². The third kappa shape index (κ3) is 2.89. The Kier molecular flexibility index (Phi) is 4.10. The van der Waals surface area contributed by atoms with Crippen LogP contribution in [0.25, 0.3) is 0 Å². The molecular weight excluding hydrogens is 242 g/mol. The Balaban J connectivity index is 2.14. The van der Waals surface area contributed by atoms with Crippen molar-refractivity contribution in [3.05, 3.63) is 29.3 Å². The SMILES string of the molecule is COc1ccc(C)cc1CN1CCC(C(=O)O)C1C. The minimum Gasteiger partial charge on any atom is -0.496 e. The zero-order valence-corrected chi connectivity index (χ0v) is 11.7. The highest BCUT2D eigenvalue weighted by atomic mass is 16.5. The predicted molar refractivity (Wildman–Crippen MR) is 73.3 cm³/mol. The summed E-state index contributed by atoms with van der Waals surface area (Å²) >= 11 is 0. The van der Waals surface area contributed by atoms with Gasteiger partial charge in [0.15, 0.2) is 0 Å². The summed E-state index contributed by atoms with van der Waals surface area (Å²) in [5, 5.41) is 9.16. The Morgan fingerprint density at radius 3 is 2.84 bits per heavy atom. The minimum atomic E-state index is -0.689. The molecule has 1 saturated heterocycles. The lowest BCUT2D eigenvalue weighted by Gasteiger charge is -2.24. The smallest absolute Gasteiger partial charge is 0.308 e. The molecule has 2 rings (SSSR count). The van der Waals surface area contributed by atoms with Crippen LogP contribution in [-0.2, 0) is 11.3 Å². The molecule has 1 aromatic carbocycles. The van der Waals surface area contributed by atoms with E-state index in [1.54, 1.807) is 7.11 Å². The molecule has 104 valence electrons. The molecule has 1 heterocycles. The van der Waals surface area contributed by atoms with Gasteiger partial charge in [-0.1, -0.05) is 17.7 Å². The maximum atomic E-state index is 11.1. The van der Waals surface area contributed by atoms with Crippen LogP contribution in [0.1, 0.15) is 24.5 Å². The van der Waals surface area contributed by atoms with Gasteiger partial charge >= 0.3 is 5.97 Å². The zero-order valence-electron chi connectivity index (χ0n) is 11.7. The third-order valence-corrected chi connectivity index (χ3v) is 4.01. The van der Waals surface area contributed by atoms with Crippen molar-refractivity contribution >= 4 is 5.97 Å². The summed E-state index contributed by atoms with van der Waals surface area (Å²) in [6.07, 6.45) is 0.727. The van der Waals surface area contributed by atoms with Gasteiger partial charge in [0.1, 0.15) is 5.75 Å². The van der Waals surface area contributed by atoms with Gasteiger partial charge in [-0.25, -0.2) is 0 Å². The zero-order chi connectivity index (χ0) is 14.0. The first-order valence-electron chi connectivity index (χ1n) is 6.63. The normalized spacial score (nSPS) is 23.5. The average molecular weight is 263 g/mol. The lowest BCUT2D eigenvalue weighted by atomic mass is 10.0. The highest BCUT2D eigenvalue weighted by Crippen LogP contribution is 2.29. The van der Waals surface area contributed by atoms with Gasteiger partial charge in [-0.15, -0.1) is 0 Å². The Bertz CT molecular complexity index is 472. The molecule has 2 unspecified atom stereocenters. The molecule has 0 amide bonds. The molecular formula is C15H21NO3. The minimum absolute atomic E-state index is 0.0720. The first-order valence-corrected chi connectivity index (χ1v) is 6.63. The van der Waals surface area contributed by atoms with Crippen LogP contribution < -0.4 is 4.74 Å². The molecule has 4 heteroatoms. The van der Waals surface area contributed by atoms with Crippen LogP contribution in [0.15, 0.2) is 18.2 Å². The number of hydrogen-bond acceptors (Lipinski definition) is 3. The van der Waals surface area contributed by atoms with Crippen LogP contribution in [0.2, 0.25) is 0 Å². The van der Waals surface area contributed by atoms with E-state index in [-0.39, 0.29) is 12.0 Å². The lowest BCUT2D eigenvalue weighted by Crippen LogP contribution is -2.32. The highest BCUT2D eigenvalue weighted by molar-refractivity contribution is 5.71. The van der Waals surface area contributed by atoms with E-state index in [0.717, 1.165) is 30.8 Å². The van der Waals surface area contributed by atoms with E-state index in [4.69, 9.17) is 9.84 Å². The molecule has 19 heavy (non-hydrogen) atoms. The molecule has 1 aliphatic heterocycles. The summed E-state index contributed by atoms with van der Waals surface area (Å²) in [7, 11) is 1.67. The van der Waals surface area contributed by atoms with Crippen molar-refractivity contribution in [1.29, 1.82) is 0 Å². The van der Waals surface area contributed by atoms with Crippen molar-refractivity contribution in [1.82, 2.24) is 4.90 Å². The summed E-state index contributed by atoms with van der Waals surface area (Å²) in [5.74, 6) is -0.0708. The summed E-state index contributed by atoms with van der Waals surface area (Å²) in [5.41, 5.74) is 2.32. The molecule has 1 aliphatic rings. The number of carboxylic acid groups (broad SMARTS) is 1. The molecule has 0 aliphatic carbocycles. The fourth-order valence-corrected chi connectivity index (χ4v) is 2.81. The third-order valence-electron chi connectivity index (χ3n) is 4.01. The molecule has 1 N–H and O–H groups in total. The second kappa shape index (κ2) is 5.61. The van der Waals surface area contributed by atoms with Gasteiger partial charge in [0.2, 0.25) is 0 Å². The molecule has 4 nitrogen and oxygen atoms in total. The molecule has 2 atom stereocenters. The number of carbonyl (C=O) groups is 1. The van der Waals surface area contributed by atoms with Crippen LogP contribution in [0.3, 0.4) is 0 Å². The molecule has 0 saturated carbocycles. The fourth-order valence-electron chi connectivity index (χ4n) is 2.81. The van der Waals surface area contributed by atoms with E-state index in [1.807, 2.05) is 19.1 Å². The first kappa shape index (κ1) is 13.9. The Morgan fingerprint density at radius 1 is 1.53 bits per heavy atom. The first-order chi connectivity index (χ1) is 9.02. The van der Waals surface area contributed by atoms with Crippen LogP contribution >= 0.6 is 0 Å². The van der Waals surface area contributed by atoms with E-state index >= 15 is 0 Å². The summed E-state index contributed by atoms with van der Waals surface area (Å²) in [6, 6.07) is 6.18. The lowest BCUT2D eigenvalue weighted by molar-refractivity contribution is -0.142. The van der Waals surface area contributed by atoms with Gasteiger partial charge in [0.05, 0.1) is 13.0 Å². The largest absolute Gasteiger partial charge is 0.496 e. The number of hydrogen-bond donors (Lipinski definition) is 1. The topological polar surface area (TPSA) is 49.8 Å². The number of aryl methyl sites for hydroxylation is 1. The van der Waals surface area contributed by atoms with Crippen LogP contribution in [0.4, 0.5) is 0 Å². The Labute approximate surface area is 114 Å². The number of nitrogens with zero attached hydrogens (tertiary/aromatic N) is 1. The van der Waals surface area contributed by atoms with Crippen LogP contribution in [0.5, 0.6) is 5.75 Å². The standard InChI is InChI=1S/C15H21NO3/c1-10-4-5-14(19-3)12(8-10)9-16-7-6-13(11(16)2)15(17)18/h4-5,8,11,13H,6-7,9H2,1-3H3,(H,17,18). The van der Waals surface area contributed by atoms with Gasteiger partial charge in [-0.3, -0.25) is 9.69 Å². The summed E-state index contributed by atoms with van der Waals surface area (Å²) < 4.78 is 5.38. The molecule has 1 aromatic rings. The van der Waals surface area contributed by atoms with Gasteiger partial charge in [-0.2, -0.15) is 0 Å². The van der Waals surface area contributed by atoms with Crippen molar-refractivity contribution in [2.75, 3.05) is 13.7 Å². The molecule has 0 bridgehead atoms. The summed E-state index contributed by atoms with van der Waals surface area (Å²) in [6.45, 7) is 5.62. The predicted octanol–water partition coefficient (Wildman–Crippen LogP) is 2.30. The number of rotatable bonds is 4. The monoisotopic (exact) mass is 263 g/mol. The van der Waals surface area contributed by atoms with E-state index in [9.17, 15) is 4.79 Å². The number of aliphatic carboxylic acids is 1. The van der Waals surface area contributed by atoms with Crippen molar-refractivity contribution in [2.45, 2.75) is 32.9 Å². The summed E-state index contributed by atoms with van der Waals surface area (Å²) in [4.78, 5) is 13.4. The van der Waals surface area contributed by atoms with E-state index < -0.39 is 5.97 Å². The molecule has 0 radical (unpaired) electrons. The number of benzene rings is 1. The van der Waals surface area contributed by atoms with E-state index in [0.29, 0.717) is 0 Å². The highest BCUT2D eigenvalue weighted by Gasteiger charge is 2.35. The van der Waals surface area contributed by atoms with E-state index in [1.165, 1.54) is 5.56 Å². The molecule has 0 spiro atoms. The van der Waals surface area contributed by atoms with Gasteiger partial charge in [0.25, 0.3) is 0 Å². The quantitative estimate of drug-likeness (QED) is 0.905. The average Bonchev–Trinajstić information content (AvgIpc) is 2.71.